The van der Waals surface area contributed by atoms with E-state index < -0.39 is 6.04 Å². The Morgan fingerprint density at radius 1 is 1.29 bits per heavy atom. The van der Waals surface area contributed by atoms with Gasteiger partial charge in [-0.25, -0.2) is 4.39 Å². The van der Waals surface area contributed by atoms with Gasteiger partial charge in [-0.05, 0) is 42.7 Å². The van der Waals surface area contributed by atoms with Crippen molar-refractivity contribution in [2.24, 2.45) is 0 Å². The lowest BCUT2D eigenvalue weighted by molar-refractivity contribution is -0.138. The molecule has 1 aromatic heterocycles. The van der Waals surface area contributed by atoms with Gasteiger partial charge < -0.3 is 14.6 Å². The second-order valence-corrected chi connectivity index (χ2v) is 5.85. The van der Waals surface area contributed by atoms with E-state index in [-0.39, 0.29) is 24.1 Å². The van der Waals surface area contributed by atoms with Crippen LogP contribution >= 0.6 is 0 Å². The summed E-state index contributed by atoms with van der Waals surface area (Å²) >= 11 is 0. The summed E-state index contributed by atoms with van der Waals surface area (Å²) in [5.74, 6) is -0.0406. The van der Waals surface area contributed by atoms with Gasteiger partial charge in [-0.2, -0.15) is 0 Å². The summed E-state index contributed by atoms with van der Waals surface area (Å²) < 4.78 is 18.4. The normalized spacial score (nSPS) is 17.0. The number of hydrogen-bond acceptors (Lipinski definition) is 3. The van der Waals surface area contributed by atoms with Gasteiger partial charge >= 0.3 is 0 Å². The van der Waals surface area contributed by atoms with Gasteiger partial charge in [0.1, 0.15) is 17.6 Å². The number of carbonyl (C=O) groups is 2. The van der Waals surface area contributed by atoms with Crippen LogP contribution in [0.2, 0.25) is 0 Å². The van der Waals surface area contributed by atoms with E-state index in [1.54, 1.807) is 35.4 Å². The minimum absolute atomic E-state index is 0.0969. The first-order valence-corrected chi connectivity index (χ1v) is 7.97. The molecule has 5 nitrogen and oxygen atoms in total. The largest absolute Gasteiger partial charge is 0.467 e. The molecule has 1 atom stereocenters. The summed E-state index contributed by atoms with van der Waals surface area (Å²) in [6.45, 7) is 0.848. The topological polar surface area (TPSA) is 62.6 Å². The average molecular weight is 330 g/mol. The molecule has 1 N–H and O–H groups in total. The maximum absolute atomic E-state index is 13.2. The van der Waals surface area contributed by atoms with Gasteiger partial charge in [0.25, 0.3) is 0 Å². The molecular formula is C18H19FN2O3. The lowest BCUT2D eigenvalue weighted by Crippen LogP contribution is -2.46. The number of furan rings is 1. The van der Waals surface area contributed by atoms with Gasteiger partial charge in [0.05, 0.1) is 19.2 Å². The highest BCUT2D eigenvalue weighted by atomic mass is 19.1. The Morgan fingerprint density at radius 2 is 2.17 bits per heavy atom. The standard InChI is InChI=1S/C18H19FN2O3/c19-14-5-1-4-13(10-14)11-17(22)21-8-2-7-16(21)18(23)20-12-15-6-3-9-24-15/h1,3-6,9-10,16H,2,7-8,11-12H2,(H,20,23)/t16-/m1/s1. The predicted octanol–water partition coefficient (Wildman–Crippen LogP) is 2.27. The second kappa shape index (κ2) is 7.29. The minimum atomic E-state index is -0.471. The van der Waals surface area contributed by atoms with E-state index in [2.05, 4.69) is 5.32 Å². The number of carbonyl (C=O) groups excluding carboxylic acids is 2. The third-order valence-corrected chi connectivity index (χ3v) is 4.14. The van der Waals surface area contributed by atoms with Gasteiger partial charge in [-0.1, -0.05) is 12.1 Å². The van der Waals surface area contributed by atoms with Crippen LogP contribution < -0.4 is 5.32 Å². The maximum Gasteiger partial charge on any atom is 0.243 e. The summed E-state index contributed by atoms with van der Waals surface area (Å²) in [6.07, 6.45) is 3.07. The van der Waals surface area contributed by atoms with Crippen LogP contribution in [0.4, 0.5) is 4.39 Å². The second-order valence-electron chi connectivity index (χ2n) is 5.85. The zero-order valence-corrected chi connectivity index (χ0v) is 13.2. The van der Waals surface area contributed by atoms with E-state index in [9.17, 15) is 14.0 Å². The molecular weight excluding hydrogens is 311 g/mol. The van der Waals surface area contributed by atoms with Crippen LogP contribution in [-0.4, -0.2) is 29.3 Å². The van der Waals surface area contributed by atoms with Crippen molar-refractivity contribution >= 4 is 11.8 Å². The number of likely N-dealkylation sites (tertiary alicyclic amines) is 1. The Morgan fingerprint density at radius 3 is 2.92 bits per heavy atom. The van der Waals surface area contributed by atoms with Crippen LogP contribution in [0.3, 0.4) is 0 Å². The number of benzene rings is 1. The fraction of sp³-hybridized carbons (Fsp3) is 0.333. The van der Waals surface area contributed by atoms with Gasteiger partial charge in [-0.15, -0.1) is 0 Å². The van der Waals surface area contributed by atoms with Crippen molar-refractivity contribution < 1.29 is 18.4 Å². The first kappa shape index (κ1) is 16.2. The molecule has 0 spiro atoms. The van der Waals surface area contributed by atoms with Crippen molar-refractivity contribution in [1.82, 2.24) is 10.2 Å². The fourth-order valence-electron chi connectivity index (χ4n) is 2.97. The molecule has 2 amide bonds. The lowest BCUT2D eigenvalue weighted by atomic mass is 10.1. The molecule has 24 heavy (non-hydrogen) atoms. The summed E-state index contributed by atoms with van der Waals surface area (Å²) in [4.78, 5) is 26.4. The zero-order valence-electron chi connectivity index (χ0n) is 13.2. The molecule has 2 aromatic rings. The van der Waals surface area contributed by atoms with Gasteiger partial charge in [-0.3, -0.25) is 9.59 Å². The fourth-order valence-corrected chi connectivity index (χ4v) is 2.97. The highest BCUT2D eigenvalue weighted by Gasteiger charge is 2.33. The van der Waals surface area contributed by atoms with Crippen molar-refractivity contribution in [2.45, 2.75) is 31.8 Å². The number of halogens is 1. The Bertz CT molecular complexity index is 715. The number of nitrogens with one attached hydrogen (secondary N) is 1. The SMILES string of the molecule is O=C(NCc1ccco1)[C@H]1CCCN1C(=O)Cc1cccc(F)c1. The number of rotatable bonds is 5. The van der Waals surface area contributed by atoms with Gasteiger partial charge in [0, 0.05) is 6.54 Å². The quantitative estimate of drug-likeness (QED) is 0.915. The van der Waals surface area contributed by atoms with E-state index in [1.807, 2.05) is 0 Å². The van der Waals surface area contributed by atoms with Crippen molar-refractivity contribution in [3.63, 3.8) is 0 Å². The van der Waals surface area contributed by atoms with Crippen LogP contribution in [0.1, 0.15) is 24.2 Å². The zero-order chi connectivity index (χ0) is 16.9. The molecule has 0 bridgehead atoms. The van der Waals surface area contributed by atoms with E-state index >= 15 is 0 Å². The van der Waals surface area contributed by atoms with E-state index in [1.165, 1.54) is 12.1 Å². The van der Waals surface area contributed by atoms with Gasteiger partial charge in [0.2, 0.25) is 11.8 Å². The van der Waals surface area contributed by atoms with Crippen LogP contribution in [0.5, 0.6) is 0 Å². The summed E-state index contributed by atoms with van der Waals surface area (Å²) in [5, 5.41) is 2.80. The molecule has 0 radical (unpaired) electrons. The van der Waals surface area contributed by atoms with Crippen LogP contribution in [0.25, 0.3) is 0 Å². The van der Waals surface area contributed by atoms with Crippen LogP contribution in [-0.2, 0) is 22.6 Å². The van der Waals surface area contributed by atoms with E-state index in [0.29, 0.717) is 30.8 Å². The summed E-state index contributed by atoms with van der Waals surface area (Å²) in [7, 11) is 0. The smallest absolute Gasteiger partial charge is 0.243 e. The number of amides is 2. The van der Waals surface area contributed by atoms with Crippen molar-refractivity contribution in [3.8, 4) is 0 Å². The van der Waals surface area contributed by atoms with Crippen molar-refractivity contribution in [2.75, 3.05) is 6.54 Å². The van der Waals surface area contributed by atoms with Crippen LogP contribution in [0, 0.1) is 5.82 Å². The molecule has 1 saturated heterocycles. The molecule has 3 rings (SSSR count). The molecule has 1 aromatic carbocycles. The first-order valence-electron chi connectivity index (χ1n) is 7.97. The minimum Gasteiger partial charge on any atom is -0.467 e. The Labute approximate surface area is 139 Å². The molecule has 1 aliphatic rings. The molecule has 0 unspecified atom stereocenters. The Kier molecular flexibility index (Phi) is 4.93. The van der Waals surface area contributed by atoms with E-state index in [0.717, 1.165) is 6.42 Å². The number of hydrogen-bond donors (Lipinski definition) is 1. The van der Waals surface area contributed by atoms with Gasteiger partial charge in [0.15, 0.2) is 0 Å². The molecule has 1 fully saturated rings. The Balaban J connectivity index is 1.59. The van der Waals surface area contributed by atoms with E-state index in [4.69, 9.17) is 4.42 Å². The first-order chi connectivity index (χ1) is 11.6. The number of nitrogens with zero attached hydrogens (tertiary/aromatic N) is 1. The third-order valence-electron chi connectivity index (χ3n) is 4.14. The molecule has 6 heteroatoms. The average Bonchev–Trinajstić information content (AvgIpc) is 3.24. The highest BCUT2D eigenvalue weighted by molar-refractivity contribution is 5.89. The Hall–Kier alpha value is -2.63. The maximum atomic E-state index is 13.2. The highest BCUT2D eigenvalue weighted by Crippen LogP contribution is 2.19. The molecule has 126 valence electrons. The molecule has 2 heterocycles. The molecule has 1 aliphatic heterocycles. The van der Waals surface area contributed by atoms with Crippen molar-refractivity contribution in [3.05, 3.63) is 59.8 Å². The van der Waals surface area contributed by atoms with Crippen molar-refractivity contribution in [1.29, 1.82) is 0 Å². The van der Waals surface area contributed by atoms with Crippen LogP contribution in [0.15, 0.2) is 47.1 Å². The summed E-state index contributed by atoms with van der Waals surface area (Å²) in [6, 6.07) is 9.04. The monoisotopic (exact) mass is 330 g/mol. The molecule has 0 aliphatic carbocycles. The third kappa shape index (κ3) is 3.82. The molecule has 0 saturated carbocycles. The lowest BCUT2D eigenvalue weighted by Gasteiger charge is -2.24. The summed E-state index contributed by atoms with van der Waals surface area (Å²) in [5.41, 5.74) is 0.613. The predicted molar refractivity (Wildman–Crippen MR) is 85.4 cm³/mol.